The van der Waals surface area contributed by atoms with Gasteiger partial charge in [0.15, 0.2) is 0 Å². The minimum Gasteiger partial charge on any atom is -0.443 e. The van der Waals surface area contributed by atoms with Crippen molar-refractivity contribution in [3.05, 3.63) is 24.4 Å². The molecule has 0 aromatic carbocycles. The zero-order chi connectivity index (χ0) is 12.9. The summed E-state index contributed by atoms with van der Waals surface area (Å²) in [5.41, 5.74) is -0.570. The van der Waals surface area contributed by atoms with Gasteiger partial charge in [-0.3, -0.25) is 4.90 Å². The topological polar surface area (TPSA) is 62.7 Å². The van der Waals surface area contributed by atoms with Crippen molar-refractivity contribution in [2.45, 2.75) is 26.4 Å². The Balaban J connectivity index is 2.83. The fraction of sp³-hybridized carbons (Fsp3) is 0.500. The minimum atomic E-state index is -0.570. The highest BCUT2D eigenvalue weighted by atomic mass is 16.6. The molecule has 0 atom stereocenters. The molecule has 0 fully saturated rings. The Morgan fingerprint density at radius 1 is 1.47 bits per heavy atom. The van der Waals surface area contributed by atoms with Gasteiger partial charge in [0, 0.05) is 6.20 Å². The highest BCUT2D eigenvalue weighted by Gasteiger charge is 2.23. The smallest absolute Gasteiger partial charge is 0.416 e. The van der Waals surface area contributed by atoms with E-state index in [9.17, 15) is 4.79 Å². The molecule has 1 heterocycles. The van der Waals surface area contributed by atoms with E-state index in [4.69, 9.17) is 9.84 Å². The largest absolute Gasteiger partial charge is 0.443 e. The van der Waals surface area contributed by atoms with Crippen LogP contribution in [-0.4, -0.2) is 34.9 Å². The first-order valence-corrected chi connectivity index (χ1v) is 5.46. The lowest BCUT2D eigenvalue weighted by Gasteiger charge is -2.26. The van der Waals surface area contributed by atoms with Gasteiger partial charge in [-0.15, -0.1) is 0 Å². The maximum Gasteiger partial charge on any atom is 0.416 e. The van der Waals surface area contributed by atoms with Crippen molar-refractivity contribution in [2.24, 2.45) is 0 Å². The summed E-state index contributed by atoms with van der Waals surface area (Å²) < 4.78 is 5.24. The van der Waals surface area contributed by atoms with Crippen molar-refractivity contribution >= 4 is 11.9 Å². The van der Waals surface area contributed by atoms with E-state index in [2.05, 4.69) is 4.98 Å². The van der Waals surface area contributed by atoms with Crippen LogP contribution in [0.2, 0.25) is 0 Å². The van der Waals surface area contributed by atoms with Crippen LogP contribution in [0.15, 0.2) is 24.4 Å². The van der Waals surface area contributed by atoms with E-state index < -0.39 is 11.7 Å². The third-order valence-corrected chi connectivity index (χ3v) is 1.86. The molecule has 0 unspecified atom stereocenters. The number of carbonyl (C=O) groups excluding carboxylic acids is 1. The van der Waals surface area contributed by atoms with Crippen molar-refractivity contribution in [3.63, 3.8) is 0 Å². The van der Waals surface area contributed by atoms with E-state index >= 15 is 0 Å². The highest BCUT2D eigenvalue weighted by Crippen LogP contribution is 2.15. The highest BCUT2D eigenvalue weighted by molar-refractivity contribution is 5.86. The summed E-state index contributed by atoms with van der Waals surface area (Å²) in [6.45, 7) is 5.39. The first-order chi connectivity index (χ1) is 7.94. The predicted octanol–water partition coefficient (Wildman–Crippen LogP) is 1.82. The molecule has 0 spiro atoms. The molecule has 0 saturated carbocycles. The predicted molar refractivity (Wildman–Crippen MR) is 64.9 cm³/mol. The van der Waals surface area contributed by atoms with E-state index in [-0.39, 0.29) is 13.2 Å². The van der Waals surface area contributed by atoms with Gasteiger partial charge in [-0.25, -0.2) is 9.78 Å². The molecular weight excluding hydrogens is 220 g/mol. The Morgan fingerprint density at radius 2 is 2.18 bits per heavy atom. The van der Waals surface area contributed by atoms with Gasteiger partial charge in [0.1, 0.15) is 11.4 Å². The number of aromatic nitrogens is 1. The lowest BCUT2D eigenvalue weighted by atomic mass is 10.2. The zero-order valence-electron chi connectivity index (χ0n) is 10.4. The fourth-order valence-electron chi connectivity index (χ4n) is 1.23. The molecule has 1 aromatic heterocycles. The second kappa shape index (κ2) is 5.63. The molecule has 5 nitrogen and oxygen atoms in total. The van der Waals surface area contributed by atoms with Crippen LogP contribution in [0.3, 0.4) is 0 Å². The number of carbonyl (C=O) groups is 1. The van der Waals surface area contributed by atoms with Gasteiger partial charge in [-0.2, -0.15) is 0 Å². The van der Waals surface area contributed by atoms with Gasteiger partial charge in [0.2, 0.25) is 0 Å². The number of nitrogens with zero attached hydrogens (tertiary/aromatic N) is 2. The van der Waals surface area contributed by atoms with Crippen LogP contribution in [-0.2, 0) is 4.74 Å². The summed E-state index contributed by atoms with van der Waals surface area (Å²) in [4.78, 5) is 17.3. The molecule has 94 valence electrons. The van der Waals surface area contributed by atoms with Crippen LogP contribution >= 0.6 is 0 Å². The fourth-order valence-corrected chi connectivity index (χ4v) is 1.23. The molecule has 0 saturated heterocycles. The molecule has 0 aliphatic heterocycles. The summed E-state index contributed by atoms with van der Waals surface area (Å²) in [5.74, 6) is 0.468. The normalized spacial score (nSPS) is 11.1. The Kier molecular flexibility index (Phi) is 4.45. The molecule has 0 aliphatic carbocycles. The van der Waals surface area contributed by atoms with Crippen molar-refractivity contribution in [3.8, 4) is 0 Å². The Bertz CT molecular complexity index is 360. The molecule has 1 amide bonds. The number of hydrogen-bond acceptors (Lipinski definition) is 4. The number of amides is 1. The molecule has 0 aliphatic rings. The Hall–Kier alpha value is -1.62. The molecule has 5 heteroatoms. The van der Waals surface area contributed by atoms with E-state index in [0.717, 1.165) is 0 Å². The van der Waals surface area contributed by atoms with Crippen LogP contribution in [0.5, 0.6) is 0 Å². The summed E-state index contributed by atoms with van der Waals surface area (Å²) in [7, 11) is 0. The maximum absolute atomic E-state index is 11.9. The average molecular weight is 238 g/mol. The first-order valence-electron chi connectivity index (χ1n) is 5.46. The lowest BCUT2D eigenvalue weighted by Crippen LogP contribution is -2.39. The number of aliphatic hydroxyl groups is 1. The molecular formula is C12H18N2O3. The third kappa shape index (κ3) is 4.40. The molecule has 17 heavy (non-hydrogen) atoms. The first kappa shape index (κ1) is 13.4. The zero-order valence-corrected chi connectivity index (χ0v) is 10.4. The summed E-state index contributed by atoms with van der Waals surface area (Å²) >= 11 is 0. The van der Waals surface area contributed by atoms with E-state index in [1.165, 1.54) is 4.90 Å². The second-order valence-electron chi connectivity index (χ2n) is 4.54. The van der Waals surface area contributed by atoms with Gasteiger partial charge in [0.05, 0.1) is 13.2 Å². The molecule has 1 N–H and O–H groups in total. The standard InChI is InChI=1S/C12H18N2O3/c1-12(2,3)17-11(16)14(8-9-15)10-6-4-5-7-13-10/h4-7,15H,8-9H2,1-3H3. The Morgan fingerprint density at radius 3 is 2.65 bits per heavy atom. The quantitative estimate of drug-likeness (QED) is 0.872. The Labute approximate surface area is 101 Å². The third-order valence-electron chi connectivity index (χ3n) is 1.86. The van der Waals surface area contributed by atoms with Gasteiger partial charge >= 0.3 is 6.09 Å². The van der Waals surface area contributed by atoms with Gasteiger partial charge in [-0.05, 0) is 32.9 Å². The summed E-state index contributed by atoms with van der Waals surface area (Å²) in [5, 5.41) is 8.97. The van der Waals surface area contributed by atoms with Crippen LogP contribution < -0.4 is 4.90 Å². The molecule has 0 radical (unpaired) electrons. The SMILES string of the molecule is CC(C)(C)OC(=O)N(CCO)c1ccccn1. The van der Waals surface area contributed by atoms with Crippen LogP contribution in [0.25, 0.3) is 0 Å². The number of aliphatic hydroxyl groups excluding tert-OH is 1. The number of ether oxygens (including phenoxy) is 1. The van der Waals surface area contributed by atoms with Crippen molar-refractivity contribution in [1.82, 2.24) is 4.98 Å². The number of hydrogen-bond donors (Lipinski definition) is 1. The van der Waals surface area contributed by atoms with Crippen molar-refractivity contribution in [1.29, 1.82) is 0 Å². The van der Waals surface area contributed by atoms with Gasteiger partial charge < -0.3 is 9.84 Å². The average Bonchev–Trinajstić information content (AvgIpc) is 2.24. The number of pyridine rings is 1. The number of rotatable bonds is 3. The van der Waals surface area contributed by atoms with Gasteiger partial charge in [-0.1, -0.05) is 6.07 Å². The summed E-state index contributed by atoms with van der Waals surface area (Å²) in [6, 6.07) is 5.23. The summed E-state index contributed by atoms with van der Waals surface area (Å²) in [6.07, 6.45) is 1.08. The van der Waals surface area contributed by atoms with E-state index in [1.807, 2.05) is 0 Å². The molecule has 1 aromatic rings. The van der Waals surface area contributed by atoms with Crippen molar-refractivity contribution in [2.75, 3.05) is 18.1 Å². The van der Waals surface area contributed by atoms with Gasteiger partial charge in [0.25, 0.3) is 0 Å². The minimum absolute atomic E-state index is 0.143. The van der Waals surface area contributed by atoms with E-state index in [1.54, 1.807) is 45.2 Å². The monoisotopic (exact) mass is 238 g/mol. The van der Waals surface area contributed by atoms with E-state index in [0.29, 0.717) is 5.82 Å². The second-order valence-corrected chi connectivity index (χ2v) is 4.54. The van der Waals surface area contributed by atoms with Crippen molar-refractivity contribution < 1.29 is 14.6 Å². The molecule has 0 bridgehead atoms. The molecule has 1 rings (SSSR count). The number of anilines is 1. The van der Waals surface area contributed by atoms with Crippen LogP contribution in [0, 0.1) is 0 Å². The van der Waals surface area contributed by atoms with Crippen LogP contribution in [0.1, 0.15) is 20.8 Å². The van der Waals surface area contributed by atoms with Crippen LogP contribution in [0.4, 0.5) is 10.6 Å². The maximum atomic E-state index is 11.9. The lowest BCUT2D eigenvalue weighted by molar-refractivity contribution is 0.0572.